The molecule has 0 saturated carbocycles. The van der Waals surface area contributed by atoms with Crippen molar-refractivity contribution >= 4 is 11.7 Å². The van der Waals surface area contributed by atoms with E-state index in [9.17, 15) is 4.79 Å². The number of benzene rings is 2. The van der Waals surface area contributed by atoms with Gasteiger partial charge >= 0.3 is 6.03 Å². The molecule has 1 fully saturated rings. The zero-order valence-corrected chi connectivity index (χ0v) is 15.6. The molecule has 2 aromatic rings. The number of nitrogens with zero attached hydrogens (tertiary/aromatic N) is 2. The number of amides is 2. The van der Waals surface area contributed by atoms with Gasteiger partial charge in [-0.1, -0.05) is 24.3 Å². The van der Waals surface area contributed by atoms with Gasteiger partial charge in [-0.05, 0) is 36.8 Å². The number of ether oxygens (including phenoxy) is 2. The number of piperazine rings is 1. The van der Waals surface area contributed by atoms with E-state index in [2.05, 4.69) is 22.3 Å². The second-order valence-corrected chi connectivity index (χ2v) is 6.88. The average molecular weight is 367 g/mol. The highest BCUT2D eigenvalue weighted by Gasteiger charge is 2.23. The summed E-state index contributed by atoms with van der Waals surface area (Å²) in [6.45, 7) is 6.24. The van der Waals surface area contributed by atoms with Crippen LogP contribution in [0.5, 0.6) is 11.5 Å². The number of rotatable bonds is 3. The van der Waals surface area contributed by atoms with Gasteiger partial charge in [0.1, 0.15) is 13.2 Å². The second-order valence-electron chi connectivity index (χ2n) is 6.88. The third-order valence-corrected chi connectivity index (χ3v) is 5.09. The Bertz CT molecular complexity index is 789. The van der Waals surface area contributed by atoms with Gasteiger partial charge < -0.3 is 24.6 Å². The fourth-order valence-electron chi connectivity index (χ4n) is 3.50. The normalized spacial score (nSPS) is 17.4. The van der Waals surface area contributed by atoms with Crippen molar-refractivity contribution in [3.8, 4) is 11.5 Å². The number of carbonyl (C=O) groups is 1. The lowest BCUT2D eigenvalue weighted by Gasteiger charge is -2.36. The SMILES string of the molecule is CC(NC(=O)N1CCN(c2ccccc2)CC1)c1ccc2c(c1)OCCO2. The highest BCUT2D eigenvalue weighted by Crippen LogP contribution is 2.32. The molecule has 2 amide bonds. The fourth-order valence-corrected chi connectivity index (χ4v) is 3.50. The lowest BCUT2D eigenvalue weighted by atomic mass is 10.1. The van der Waals surface area contributed by atoms with Gasteiger partial charge in [-0.3, -0.25) is 0 Å². The van der Waals surface area contributed by atoms with Crippen LogP contribution in [0.1, 0.15) is 18.5 Å². The number of carbonyl (C=O) groups excluding carboxylic acids is 1. The van der Waals surface area contributed by atoms with Crippen molar-refractivity contribution in [3.63, 3.8) is 0 Å². The molecule has 6 nitrogen and oxygen atoms in total. The van der Waals surface area contributed by atoms with E-state index < -0.39 is 0 Å². The van der Waals surface area contributed by atoms with Gasteiger partial charge in [0.2, 0.25) is 0 Å². The van der Waals surface area contributed by atoms with Gasteiger partial charge in [-0.25, -0.2) is 4.79 Å². The first-order valence-corrected chi connectivity index (χ1v) is 9.46. The zero-order chi connectivity index (χ0) is 18.6. The maximum Gasteiger partial charge on any atom is 0.317 e. The molecule has 6 heteroatoms. The Hall–Kier alpha value is -2.89. The van der Waals surface area contributed by atoms with Crippen molar-refractivity contribution in [2.45, 2.75) is 13.0 Å². The highest BCUT2D eigenvalue weighted by atomic mass is 16.6. The first-order valence-electron chi connectivity index (χ1n) is 9.46. The van der Waals surface area contributed by atoms with Crippen molar-refractivity contribution in [2.75, 3.05) is 44.3 Å². The van der Waals surface area contributed by atoms with E-state index >= 15 is 0 Å². The molecule has 0 spiro atoms. The van der Waals surface area contributed by atoms with Crippen LogP contribution in [0, 0.1) is 0 Å². The molecule has 27 heavy (non-hydrogen) atoms. The largest absolute Gasteiger partial charge is 0.486 e. The van der Waals surface area contributed by atoms with Crippen molar-refractivity contribution in [3.05, 3.63) is 54.1 Å². The summed E-state index contributed by atoms with van der Waals surface area (Å²) < 4.78 is 11.2. The van der Waals surface area contributed by atoms with Crippen LogP contribution in [0.2, 0.25) is 0 Å². The van der Waals surface area contributed by atoms with Crippen LogP contribution in [0.4, 0.5) is 10.5 Å². The summed E-state index contributed by atoms with van der Waals surface area (Å²) in [5.74, 6) is 1.51. The summed E-state index contributed by atoms with van der Waals surface area (Å²) >= 11 is 0. The third-order valence-electron chi connectivity index (χ3n) is 5.09. The molecule has 1 N–H and O–H groups in total. The molecule has 0 aliphatic carbocycles. The molecule has 2 aliphatic rings. The molecule has 2 aromatic carbocycles. The van der Waals surface area contributed by atoms with Crippen molar-refractivity contribution < 1.29 is 14.3 Å². The number of anilines is 1. The first kappa shape index (κ1) is 17.5. The summed E-state index contributed by atoms with van der Waals surface area (Å²) in [7, 11) is 0. The summed E-state index contributed by atoms with van der Waals surface area (Å²) in [5, 5.41) is 3.10. The Labute approximate surface area is 159 Å². The quantitative estimate of drug-likeness (QED) is 0.906. The van der Waals surface area contributed by atoms with Crippen LogP contribution >= 0.6 is 0 Å². The van der Waals surface area contributed by atoms with Gasteiger partial charge in [0.25, 0.3) is 0 Å². The Morgan fingerprint density at radius 2 is 1.67 bits per heavy atom. The van der Waals surface area contributed by atoms with Crippen LogP contribution in [-0.4, -0.2) is 50.3 Å². The predicted molar refractivity (Wildman–Crippen MR) is 105 cm³/mol. The number of hydrogen-bond donors (Lipinski definition) is 1. The highest BCUT2D eigenvalue weighted by molar-refractivity contribution is 5.75. The van der Waals surface area contributed by atoms with Crippen LogP contribution < -0.4 is 19.7 Å². The number of hydrogen-bond acceptors (Lipinski definition) is 4. The van der Waals surface area contributed by atoms with Gasteiger partial charge in [-0.2, -0.15) is 0 Å². The van der Waals surface area contributed by atoms with Crippen LogP contribution in [0.3, 0.4) is 0 Å². The molecule has 1 unspecified atom stereocenters. The van der Waals surface area contributed by atoms with Crippen LogP contribution in [0.15, 0.2) is 48.5 Å². The topological polar surface area (TPSA) is 54.0 Å². The average Bonchev–Trinajstić information content (AvgIpc) is 2.74. The van der Waals surface area contributed by atoms with Gasteiger partial charge in [0, 0.05) is 31.9 Å². The molecular weight excluding hydrogens is 342 g/mol. The van der Waals surface area contributed by atoms with Crippen molar-refractivity contribution in [1.82, 2.24) is 10.2 Å². The monoisotopic (exact) mass is 367 g/mol. The van der Waals surface area contributed by atoms with E-state index in [4.69, 9.17) is 9.47 Å². The third kappa shape index (κ3) is 3.94. The van der Waals surface area contributed by atoms with E-state index in [0.717, 1.165) is 30.2 Å². The molecule has 4 rings (SSSR count). The Morgan fingerprint density at radius 1 is 0.963 bits per heavy atom. The number of fused-ring (bicyclic) bond motifs is 1. The fraction of sp³-hybridized carbons (Fsp3) is 0.381. The van der Waals surface area contributed by atoms with E-state index in [1.165, 1.54) is 5.69 Å². The molecule has 0 radical (unpaired) electrons. The number of urea groups is 1. The minimum Gasteiger partial charge on any atom is -0.486 e. The predicted octanol–water partition coefficient (Wildman–Crippen LogP) is 3.05. The van der Waals surface area contributed by atoms with Gasteiger partial charge in [-0.15, -0.1) is 0 Å². The molecule has 2 heterocycles. The maximum absolute atomic E-state index is 12.7. The first-order chi connectivity index (χ1) is 13.2. The minimum absolute atomic E-state index is 0.0231. The standard InChI is InChI=1S/C21H25N3O3/c1-16(17-7-8-19-20(15-17)27-14-13-26-19)22-21(25)24-11-9-23(10-12-24)18-5-3-2-4-6-18/h2-8,15-16H,9-14H2,1H3,(H,22,25). The molecule has 1 saturated heterocycles. The summed E-state index contributed by atoms with van der Waals surface area (Å²) in [4.78, 5) is 16.9. The van der Waals surface area contributed by atoms with Crippen molar-refractivity contribution in [2.24, 2.45) is 0 Å². The van der Waals surface area contributed by atoms with E-state index in [0.29, 0.717) is 26.3 Å². The van der Waals surface area contributed by atoms with E-state index in [-0.39, 0.29) is 12.1 Å². The number of para-hydroxylation sites is 1. The Balaban J connectivity index is 1.33. The minimum atomic E-state index is -0.0968. The van der Waals surface area contributed by atoms with Crippen LogP contribution in [0.25, 0.3) is 0 Å². The number of nitrogens with one attached hydrogen (secondary N) is 1. The maximum atomic E-state index is 12.7. The molecule has 142 valence electrons. The van der Waals surface area contributed by atoms with Crippen molar-refractivity contribution in [1.29, 1.82) is 0 Å². The second kappa shape index (κ2) is 7.78. The van der Waals surface area contributed by atoms with E-state index in [1.807, 2.05) is 48.2 Å². The smallest absolute Gasteiger partial charge is 0.317 e. The lowest BCUT2D eigenvalue weighted by Crippen LogP contribution is -2.52. The summed E-state index contributed by atoms with van der Waals surface area (Å²) in [6, 6.07) is 16.0. The summed E-state index contributed by atoms with van der Waals surface area (Å²) in [5.41, 5.74) is 2.22. The molecule has 0 bridgehead atoms. The molecule has 1 atom stereocenters. The Kier molecular flexibility index (Phi) is 5.05. The molecule has 2 aliphatic heterocycles. The van der Waals surface area contributed by atoms with Gasteiger partial charge in [0.15, 0.2) is 11.5 Å². The van der Waals surface area contributed by atoms with Crippen LogP contribution in [-0.2, 0) is 0 Å². The zero-order valence-electron chi connectivity index (χ0n) is 15.6. The molecular formula is C21H25N3O3. The van der Waals surface area contributed by atoms with Gasteiger partial charge in [0.05, 0.1) is 6.04 Å². The van der Waals surface area contributed by atoms with E-state index in [1.54, 1.807) is 0 Å². The lowest BCUT2D eigenvalue weighted by molar-refractivity contribution is 0.171. The Morgan fingerprint density at radius 3 is 2.41 bits per heavy atom. The summed E-state index contributed by atoms with van der Waals surface area (Å²) in [6.07, 6.45) is 0. The molecule has 0 aromatic heterocycles.